The fraction of sp³-hybridized carbons (Fsp3) is 0.333. The van der Waals surface area contributed by atoms with Crippen molar-refractivity contribution in [1.82, 2.24) is 15.5 Å². The van der Waals surface area contributed by atoms with Crippen LogP contribution in [0, 0.1) is 0 Å². The quantitative estimate of drug-likeness (QED) is 0.335. The van der Waals surface area contributed by atoms with E-state index >= 15 is 0 Å². The number of amides is 1. The van der Waals surface area contributed by atoms with Crippen LogP contribution in [-0.2, 0) is 17.9 Å². The maximum absolute atomic E-state index is 11.7. The van der Waals surface area contributed by atoms with Crippen molar-refractivity contribution in [3.63, 3.8) is 0 Å². The van der Waals surface area contributed by atoms with Crippen LogP contribution in [0.25, 0.3) is 0 Å². The lowest BCUT2D eigenvalue weighted by atomic mass is 10.2. The lowest BCUT2D eigenvalue weighted by molar-refractivity contribution is -0.127. The Morgan fingerprint density at radius 1 is 1.00 bits per heavy atom. The number of guanidine groups is 1. The number of nitrogens with zero attached hydrogens (tertiary/aromatic N) is 2. The zero-order chi connectivity index (χ0) is 19.5. The third-order valence-corrected chi connectivity index (χ3v) is 3.84. The van der Waals surface area contributed by atoms with Crippen molar-refractivity contribution >= 4 is 35.8 Å². The molecule has 0 aliphatic carbocycles. The minimum absolute atomic E-state index is 0. The van der Waals surface area contributed by atoms with Gasteiger partial charge in [-0.25, -0.2) is 4.99 Å². The van der Waals surface area contributed by atoms with Crippen molar-refractivity contribution in [2.75, 3.05) is 27.2 Å². The van der Waals surface area contributed by atoms with Gasteiger partial charge in [-0.05, 0) is 30.2 Å². The van der Waals surface area contributed by atoms with E-state index in [1.807, 2.05) is 61.5 Å². The lowest BCUT2D eigenvalue weighted by Crippen LogP contribution is -2.42. The van der Waals surface area contributed by atoms with Crippen molar-refractivity contribution in [2.24, 2.45) is 4.99 Å². The van der Waals surface area contributed by atoms with Gasteiger partial charge in [0.05, 0.1) is 13.1 Å². The van der Waals surface area contributed by atoms with Gasteiger partial charge in [0.15, 0.2) is 5.96 Å². The summed E-state index contributed by atoms with van der Waals surface area (Å²) in [7, 11) is 3.46. The van der Waals surface area contributed by atoms with E-state index in [-0.39, 0.29) is 36.4 Å². The molecular formula is C21H29IN4O2. The number of benzene rings is 2. The number of ether oxygens (including phenoxy) is 1. The molecule has 1 amide bonds. The number of carbonyl (C=O) groups excluding carboxylic acids is 1. The topological polar surface area (TPSA) is 66.0 Å². The zero-order valence-corrected chi connectivity index (χ0v) is 19.0. The predicted octanol–water partition coefficient (Wildman–Crippen LogP) is 3.03. The summed E-state index contributed by atoms with van der Waals surface area (Å²) in [5.74, 6) is 1.45. The molecule has 2 rings (SSSR count). The summed E-state index contributed by atoms with van der Waals surface area (Å²) in [5, 5.41) is 6.19. The molecule has 0 radical (unpaired) electrons. The maximum atomic E-state index is 11.7. The predicted molar refractivity (Wildman–Crippen MR) is 124 cm³/mol. The first kappa shape index (κ1) is 23.7. The van der Waals surface area contributed by atoms with Gasteiger partial charge in [-0.3, -0.25) is 4.79 Å². The second-order valence-corrected chi connectivity index (χ2v) is 6.26. The van der Waals surface area contributed by atoms with Crippen LogP contribution in [0.1, 0.15) is 18.1 Å². The van der Waals surface area contributed by atoms with Gasteiger partial charge >= 0.3 is 0 Å². The van der Waals surface area contributed by atoms with Gasteiger partial charge in [-0.15, -0.1) is 24.0 Å². The van der Waals surface area contributed by atoms with Gasteiger partial charge in [0.25, 0.3) is 0 Å². The number of likely N-dealkylation sites (N-methyl/N-ethyl adjacent to an activating group) is 1. The van der Waals surface area contributed by atoms with Gasteiger partial charge in [0, 0.05) is 20.6 Å². The molecule has 0 saturated heterocycles. The third kappa shape index (κ3) is 8.60. The van der Waals surface area contributed by atoms with Gasteiger partial charge in [-0.2, -0.15) is 0 Å². The van der Waals surface area contributed by atoms with Crippen molar-refractivity contribution in [3.05, 3.63) is 65.7 Å². The van der Waals surface area contributed by atoms with E-state index in [2.05, 4.69) is 15.6 Å². The molecule has 0 aromatic heterocycles. The van der Waals surface area contributed by atoms with Crippen LogP contribution >= 0.6 is 24.0 Å². The molecule has 6 nitrogen and oxygen atoms in total. The van der Waals surface area contributed by atoms with Gasteiger partial charge in [0.2, 0.25) is 5.91 Å². The zero-order valence-electron chi connectivity index (χ0n) is 16.6. The van der Waals surface area contributed by atoms with E-state index in [1.54, 1.807) is 19.0 Å². The SMILES string of the molecule is CCNC(=NCc1ccc(OCc2ccccc2)cc1)NCC(=O)N(C)C.I. The van der Waals surface area contributed by atoms with Crippen LogP contribution in [-0.4, -0.2) is 44.0 Å². The molecule has 0 saturated carbocycles. The standard InChI is InChI=1S/C21H28N4O2.HI/c1-4-22-21(24-15-20(26)25(2)3)23-14-17-10-12-19(13-11-17)27-16-18-8-6-5-7-9-18;/h5-13H,4,14-16H2,1-3H3,(H2,22,23,24);1H. The van der Waals surface area contributed by atoms with E-state index in [0.29, 0.717) is 19.1 Å². The lowest BCUT2D eigenvalue weighted by Gasteiger charge is -2.14. The maximum Gasteiger partial charge on any atom is 0.241 e. The van der Waals surface area contributed by atoms with E-state index < -0.39 is 0 Å². The molecule has 2 aromatic rings. The Bertz CT molecular complexity index is 734. The Morgan fingerprint density at radius 3 is 2.29 bits per heavy atom. The number of hydrogen-bond acceptors (Lipinski definition) is 3. The largest absolute Gasteiger partial charge is 0.489 e. The Balaban J connectivity index is 0.00000392. The Kier molecular flexibility index (Phi) is 11.0. The highest BCUT2D eigenvalue weighted by atomic mass is 127. The first-order chi connectivity index (χ1) is 13.1. The summed E-state index contributed by atoms with van der Waals surface area (Å²) in [6, 6.07) is 18.0. The summed E-state index contributed by atoms with van der Waals surface area (Å²) >= 11 is 0. The first-order valence-electron chi connectivity index (χ1n) is 9.06. The summed E-state index contributed by atoms with van der Waals surface area (Å²) in [6.07, 6.45) is 0. The smallest absolute Gasteiger partial charge is 0.241 e. The minimum Gasteiger partial charge on any atom is -0.489 e. The fourth-order valence-electron chi connectivity index (χ4n) is 2.26. The number of rotatable bonds is 8. The average Bonchev–Trinajstić information content (AvgIpc) is 2.69. The molecule has 0 spiro atoms. The summed E-state index contributed by atoms with van der Waals surface area (Å²) in [5.41, 5.74) is 2.21. The molecule has 28 heavy (non-hydrogen) atoms. The number of aliphatic imine (C=N–C) groups is 1. The monoisotopic (exact) mass is 496 g/mol. The van der Waals surface area contributed by atoms with Gasteiger partial charge in [0.1, 0.15) is 12.4 Å². The van der Waals surface area contributed by atoms with Crippen LogP contribution in [0.15, 0.2) is 59.6 Å². The number of nitrogens with one attached hydrogen (secondary N) is 2. The highest BCUT2D eigenvalue weighted by molar-refractivity contribution is 14.0. The van der Waals surface area contributed by atoms with Crippen LogP contribution in [0.3, 0.4) is 0 Å². The fourth-order valence-corrected chi connectivity index (χ4v) is 2.26. The summed E-state index contributed by atoms with van der Waals surface area (Å²) in [6.45, 7) is 4.00. The molecule has 0 bridgehead atoms. The Morgan fingerprint density at radius 2 is 1.68 bits per heavy atom. The molecule has 0 fully saturated rings. The number of carbonyl (C=O) groups is 1. The van der Waals surface area contributed by atoms with Crippen molar-refractivity contribution in [3.8, 4) is 5.75 Å². The molecule has 0 aliphatic rings. The summed E-state index contributed by atoms with van der Waals surface area (Å²) < 4.78 is 5.80. The van der Waals surface area contributed by atoms with Crippen LogP contribution in [0.4, 0.5) is 0 Å². The van der Waals surface area contributed by atoms with Crippen molar-refractivity contribution in [2.45, 2.75) is 20.1 Å². The summed E-state index contributed by atoms with van der Waals surface area (Å²) in [4.78, 5) is 17.8. The van der Waals surface area contributed by atoms with E-state index in [0.717, 1.165) is 23.4 Å². The second-order valence-electron chi connectivity index (χ2n) is 6.26. The van der Waals surface area contributed by atoms with Crippen molar-refractivity contribution in [1.29, 1.82) is 0 Å². The van der Waals surface area contributed by atoms with Gasteiger partial charge < -0.3 is 20.3 Å². The van der Waals surface area contributed by atoms with Crippen LogP contribution < -0.4 is 15.4 Å². The minimum atomic E-state index is 0. The van der Waals surface area contributed by atoms with E-state index in [9.17, 15) is 4.79 Å². The van der Waals surface area contributed by atoms with Crippen molar-refractivity contribution < 1.29 is 9.53 Å². The molecule has 7 heteroatoms. The molecule has 0 aliphatic heterocycles. The molecule has 152 valence electrons. The van der Waals surface area contributed by atoms with E-state index in [1.165, 1.54) is 0 Å². The molecular weight excluding hydrogens is 467 g/mol. The molecule has 0 heterocycles. The highest BCUT2D eigenvalue weighted by Crippen LogP contribution is 2.14. The first-order valence-corrected chi connectivity index (χ1v) is 9.06. The molecule has 0 atom stereocenters. The van der Waals surface area contributed by atoms with Gasteiger partial charge in [-0.1, -0.05) is 42.5 Å². The second kappa shape index (κ2) is 13.0. The normalized spacial score (nSPS) is 10.6. The molecule has 2 aromatic carbocycles. The molecule has 2 N–H and O–H groups in total. The molecule has 0 unspecified atom stereocenters. The van der Waals surface area contributed by atoms with Crippen LogP contribution in [0.5, 0.6) is 5.75 Å². The van der Waals surface area contributed by atoms with Crippen LogP contribution in [0.2, 0.25) is 0 Å². The Hall–Kier alpha value is -2.29. The number of hydrogen-bond donors (Lipinski definition) is 2. The third-order valence-electron chi connectivity index (χ3n) is 3.84. The Labute approximate surface area is 184 Å². The number of halogens is 1. The highest BCUT2D eigenvalue weighted by Gasteiger charge is 2.05. The average molecular weight is 496 g/mol. The van der Waals surface area contributed by atoms with E-state index in [4.69, 9.17) is 4.74 Å².